The van der Waals surface area contributed by atoms with E-state index in [0.29, 0.717) is 25.0 Å². The van der Waals surface area contributed by atoms with Crippen LogP contribution >= 0.6 is 0 Å². The Hall–Kier alpha value is -1.89. The summed E-state index contributed by atoms with van der Waals surface area (Å²) in [6.45, 7) is 1.99. The normalized spacial score (nSPS) is 19.1. The van der Waals surface area contributed by atoms with E-state index in [9.17, 15) is 0 Å². The summed E-state index contributed by atoms with van der Waals surface area (Å²) < 4.78 is 5.51. The maximum atomic E-state index is 5.83. The van der Waals surface area contributed by atoms with Gasteiger partial charge in [-0.2, -0.15) is 0 Å². The molecule has 1 aliphatic heterocycles. The largest absolute Gasteiger partial charge is 0.376 e. The van der Waals surface area contributed by atoms with Gasteiger partial charge in [0.2, 0.25) is 5.95 Å². The number of anilines is 1. The molecule has 0 bridgehead atoms. The smallest absolute Gasteiger partial charge is 0.225 e. The third-order valence-electron chi connectivity index (χ3n) is 3.05. The number of nitrogens with zero attached hydrogens (tertiary/aromatic N) is 4. The molecule has 110 valence electrons. The van der Waals surface area contributed by atoms with E-state index in [1.807, 2.05) is 25.1 Å². The van der Waals surface area contributed by atoms with Gasteiger partial charge in [-0.15, -0.1) is 0 Å². The van der Waals surface area contributed by atoms with Crippen LogP contribution in [-0.2, 0) is 11.3 Å². The molecule has 0 aromatic carbocycles. The van der Waals surface area contributed by atoms with Gasteiger partial charge >= 0.3 is 0 Å². The van der Waals surface area contributed by atoms with E-state index < -0.39 is 0 Å². The Bertz CT molecular complexity index is 456. The highest BCUT2D eigenvalue weighted by molar-refractivity contribution is 5.77. The van der Waals surface area contributed by atoms with Crippen molar-refractivity contribution in [2.75, 3.05) is 32.1 Å². The minimum atomic E-state index is 0.253. The van der Waals surface area contributed by atoms with Crippen LogP contribution in [0.4, 0.5) is 5.95 Å². The van der Waals surface area contributed by atoms with E-state index in [-0.39, 0.29) is 6.10 Å². The first-order valence-electron chi connectivity index (χ1n) is 6.80. The number of aliphatic imine (C=N–C) groups is 1. The fraction of sp³-hybridized carbons (Fsp3) is 0.615. The van der Waals surface area contributed by atoms with Crippen molar-refractivity contribution in [3.05, 3.63) is 18.0 Å². The molecule has 1 unspecified atom stereocenters. The van der Waals surface area contributed by atoms with Crippen molar-refractivity contribution in [3.8, 4) is 0 Å². The lowest BCUT2D eigenvalue weighted by Gasteiger charge is -2.11. The number of nitrogens with one attached hydrogen (secondary N) is 1. The molecule has 2 heterocycles. The van der Waals surface area contributed by atoms with Crippen molar-refractivity contribution < 1.29 is 4.74 Å². The van der Waals surface area contributed by atoms with Crippen LogP contribution in [0.2, 0.25) is 0 Å². The number of rotatable bonds is 5. The molecule has 1 aromatic heterocycles. The summed E-state index contributed by atoms with van der Waals surface area (Å²) in [6.07, 6.45) is 4.18. The average molecular weight is 278 g/mol. The zero-order chi connectivity index (χ0) is 14.4. The van der Waals surface area contributed by atoms with Crippen LogP contribution < -0.4 is 16.0 Å². The average Bonchev–Trinajstić information content (AvgIpc) is 2.96. The van der Waals surface area contributed by atoms with Crippen LogP contribution in [0.3, 0.4) is 0 Å². The van der Waals surface area contributed by atoms with E-state index >= 15 is 0 Å². The first-order valence-corrected chi connectivity index (χ1v) is 6.80. The lowest BCUT2D eigenvalue weighted by atomic mass is 10.2. The Morgan fingerprint density at radius 1 is 1.60 bits per heavy atom. The molecule has 7 heteroatoms. The molecule has 0 radical (unpaired) electrons. The summed E-state index contributed by atoms with van der Waals surface area (Å²) in [5.41, 5.74) is 6.67. The Balaban J connectivity index is 1.82. The van der Waals surface area contributed by atoms with Crippen molar-refractivity contribution >= 4 is 11.9 Å². The molecule has 2 rings (SSSR count). The summed E-state index contributed by atoms with van der Waals surface area (Å²) in [6, 6.07) is 1.84. The maximum Gasteiger partial charge on any atom is 0.225 e. The Morgan fingerprint density at radius 3 is 3.15 bits per heavy atom. The predicted molar refractivity (Wildman–Crippen MR) is 78.7 cm³/mol. The minimum Gasteiger partial charge on any atom is -0.376 e. The van der Waals surface area contributed by atoms with Crippen LogP contribution in [0, 0.1) is 0 Å². The molecule has 0 aliphatic carbocycles. The van der Waals surface area contributed by atoms with Crippen LogP contribution in [0.1, 0.15) is 18.5 Å². The van der Waals surface area contributed by atoms with Crippen molar-refractivity contribution in [1.29, 1.82) is 0 Å². The molecule has 1 fully saturated rings. The van der Waals surface area contributed by atoms with Gasteiger partial charge in [0.05, 0.1) is 18.3 Å². The van der Waals surface area contributed by atoms with Gasteiger partial charge in [0.15, 0.2) is 5.96 Å². The molecular formula is C13H22N6O. The number of aromatic nitrogens is 2. The Morgan fingerprint density at radius 2 is 2.45 bits per heavy atom. The minimum absolute atomic E-state index is 0.253. The molecule has 3 N–H and O–H groups in total. The molecule has 20 heavy (non-hydrogen) atoms. The van der Waals surface area contributed by atoms with E-state index in [2.05, 4.69) is 20.3 Å². The number of ether oxygens (including phenoxy) is 1. The second-order valence-corrected chi connectivity index (χ2v) is 4.96. The van der Waals surface area contributed by atoms with Crippen LogP contribution in [-0.4, -0.2) is 49.3 Å². The standard InChI is InChI=1S/C13H22N6O/c1-19(2)13-15-6-5-10(18-13)8-16-12(14)17-9-11-4-3-7-20-11/h5-6,11H,3-4,7-9H2,1-2H3,(H3,14,16,17). The van der Waals surface area contributed by atoms with Gasteiger partial charge in [-0.05, 0) is 18.9 Å². The molecule has 1 saturated heterocycles. The third kappa shape index (κ3) is 4.34. The SMILES string of the molecule is CN(C)c1nccc(CN=C(N)NCC2CCCO2)n1. The van der Waals surface area contributed by atoms with Crippen LogP contribution in [0.5, 0.6) is 0 Å². The van der Waals surface area contributed by atoms with Gasteiger partial charge in [0.25, 0.3) is 0 Å². The fourth-order valence-electron chi connectivity index (χ4n) is 1.93. The highest BCUT2D eigenvalue weighted by atomic mass is 16.5. The topological polar surface area (TPSA) is 88.7 Å². The summed E-state index contributed by atoms with van der Waals surface area (Å²) in [7, 11) is 3.81. The highest BCUT2D eigenvalue weighted by Crippen LogP contribution is 2.10. The van der Waals surface area contributed by atoms with Crippen LogP contribution in [0.25, 0.3) is 0 Å². The highest BCUT2D eigenvalue weighted by Gasteiger charge is 2.14. The van der Waals surface area contributed by atoms with E-state index in [1.54, 1.807) is 6.20 Å². The fourth-order valence-corrected chi connectivity index (χ4v) is 1.93. The number of nitrogens with two attached hydrogens (primary N) is 1. The molecule has 1 aliphatic rings. The van der Waals surface area contributed by atoms with Crippen molar-refractivity contribution in [3.63, 3.8) is 0 Å². The monoisotopic (exact) mass is 278 g/mol. The number of hydrogen-bond donors (Lipinski definition) is 2. The second kappa shape index (κ2) is 7.04. The maximum absolute atomic E-state index is 5.83. The lowest BCUT2D eigenvalue weighted by Crippen LogP contribution is -2.37. The molecule has 0 spiro atoms. The molecule has 0 amide bonds. The lowest BCUT2D eigenvalue weighted by molar-refractivity contribution is 0.114. The second-order valence-electron chi connectivity index (χ2n) is 4.96. The summed E-state index contributed by atoms with van der Waals surface area (Å²) >= 11 is 0. The zero-order valence-corrected chi connectivity index (χ0v) is 12.0. The summed E-state index contributed by atoms with van der Waals surface area (Å²) in [5.74, 6) is 1.09. The number of hydrogen-bond acceptors (Lipinski definition) is 5. The summed E-state index contributed by atoms with van der Waals surface area (Å²) in [5, 5.41) is 3.08. The van der Waals surface area contributed by atoms with Gasteiger partial charge < -0.3 is 20.7 Å². The Kier molecular flexibility index (Phi) is 5.11. The Labute approximate surface area is 119 Å². The molecular weight excluding hydrogens is 256 g/mol. The molecule has 1 aromatic rings. The predicted octanol–water partition coefficient (Wildman–Crippen LogP) is 0.126. The van der Waals surface area contributed by atoms with Crippen LogP contribution in [0.15, 0.2) is 17.3 Å². The van der Waals surface area contributed by atoms with Crippen molar-refractivity contribution in [1.82, 2.24) is 15.3 Å². The van der Waals surface area contributed by atoms with Gasteiger partial charge in [0, 0.05) is 33.4 Å². The molecule has 0 saturated carbocycles. The molecule has 1 atom stereocenters. The zero-order valence-electron chi connectivity index (χ0n) is 12.0. The third-order valence-corrected chi connectivity index (χ3v) is 3.05. The van der Waals surface area contributed by atoms with Crippen molar-refractivity contribution in [2.45, 2.75) is 25.5 Å². The van der Waals surface area contributed by atoms with Crippen molar-refractivity contribution in [2.24, 2.45) is 10.7 Å². The number of guanidine groups is 1. The van der Waals surface area contributed by atoms with E-state index in [1.165, 1.54) is 0 Å². The summed E-state index contributed by atoms with van der Waals surface area (Å²) in [4.78, 5) is 14.7. The molecule has 7 nitrogen and oxygen atoms in total. The van der Waals surface area contributed by atoms with Gasteiger partial charge in [-0.25, -0.2) is 15.0 Å². The van der Waals surface area contributed by atoms with Gasteiger partial charge in [-0.3, -0.25) is 0 Å². The quantitative estimate of drug-likeness (QED) is 0.588. The first-order chi connectivity index (χ1) is 9.65. The van der Waals surface area contributed by atoms with E-state index in [0.717, 1.165) is 25.1 Å². The van der Waals surface area contributed by atoms with Gasteiger partial charge in [0.1, 0.15) is 0 Å². The van der Waals surface area contributed by atoms with E-state index in [4.69, 9.17) is 10.5 Å². The first kappa shape index (κ1) is 14.5. The van der Waals surface area contributed by atoms with Gasteiger partial charge in [-0.1, -0.05) is 0 Å².